The third-order valence-corrected chi connectivity index (χ3v) is 3.85. The first-order valence-electron chi connectivity index (χ1n) is 7.99. The highest BCUT2D eigenvalue weighted by molar-refractivity contribution is 5.14. The van der Waals surface area contributed by atoms with Crippen molar-refractivity contribution in [1.29, 1.82) is 0 Å². The molecule has 0 aromatic heterocycles. The minimum atomic E-state index is -0.0751. The van der Waals surface area contributed by atoms with Crippen molar-refractivity contribution < 1.29 is 14.2 Å². The fourth-order valence-corrected chi connectivity index (χ4v) is 2.55. The van der Waals surface area contributed by atoms with E-state index in [-0.39, 0.29) is 12.2 Å². The van der Waals surface area contributed by atoms with Crippen molar-refractivity contribution in [1.82, 2.24) is 0 Å². The Bertz CT molecular complexity index is 595. The Morgan fingerprint density at radius 1 is 0.783 bits per heavy atom. The van der Waals surface area contributed by atoms with E-state index in [9.17, 15) is 0 Å². The molecule has 0 saturated heterocycles. The van der Waals surface area contributed by atoms with Crippen LogP contribution in [0.5, 0.6) is 0 Å². The molecule has 0 unspecified atom stereocenters. The van der Waals surface area contributed by atoms with Gasteiger partial charge in [0.15, 0.2) is 0 Å². The van der Waals surface area contributed by atoms with Crippen molar-refractivity contribution in [3.05, 3.63) is 84.1 Å². The first-order valence-corrected chi connectivity index (χ1v) is 7.99. The summed E-state index contributed by atoms with van der Waals surface area (Å²) in [6.07, 6.45) is 4.46. The Morgan fingerprint density at radius 3 is 1.96 bits per heavy atom. The van der Waals surface area contributed by atoms with Crippen LogP contribution in [0, 0.1) is 0 Å². The summed E-state index contributed by atoms with van der Waals surface area (Å²) in [6.45, 7) is 1.67. The van der Waals surface area contributed by atoms with Crippen LogP contribution < -0.4 is 0 Å². The zero-order chi connectivity index (χ0) is 15.7. The molecule has 3 heteroatoms. The van der Waals surface area contributed by atoms with Crippen LogP contribution in [0.15, 0.2) is 73.0 Å². The molecule has 0 saturated carbocycles. The van der Waals surface area contributed by atoms with Gasteiger partial charge >= 0.3 is 0 Å². The Hall–Kier alpha value is -2.10. The molecule has 0 amide bonds. The molecule has 3 rings (SSSR count). The van der Waals surface area contributed by atoms with Gasteiger partial charge in [-0.15, -0.1) is 0 Å². The predicted octanol–water partition coefficient (Wildman–Crippen LogP) is 4.09. The standard InChI is InChI=1S/C20H22O3/c1-3-8-17(9-4-1)14-22-19-12-7-13-21-16-20(19)23-15-18-10-5-2-6-11-18/h1-11,13,19-20H,12,14-16H2/t19-,20-/m1/s1. The van der Waals surface area contributed by atoms with Gasteiger partial charge in [0.05, 0.1) is 25.6 Å². The van der Waals surface area contributed by atoms with Crippen LogP contribution in [0.1, 0.15) is 17.5 Å². The van der Waals surface area contributed by atoms with Gasteiger partial charge in [0, 0.05) is 0 Å². The lowest BCUT2D eigenvalue weighted by molar-refractivity contribution is -0.0996. The second-order valence-corrected chi connectivity index (χ2v) is 5.61. The molecular formula is C20H22O3. The van der Waals surface area contributed by atoms with Crippen molar-refractivity contribution in [2.75, 3.05) is 6.61 Å². The number of ether oxygens (including phenoxy) is 3. The monoisotopic (exact) mass is 310 g/mol. The van der Waals surface area contributed by atoms with Crippen LogP contribution in [0.25, 0.3) is 0 Å². The molecule has 0 N–H and O–H groups in total. The number of benzene rings is 2. The third-order valence-electron chi connectivity index (χ3n) is 3.85. The Balaban J connectivity index is 1.57. The highest BCUT2D eigenvalue weighted by Gasteiger charge is 2.24. The fraction of sp³-hybridized carbons (Fsp3) is 0.300. The van der Waals surface area contributed by atoms with Crippen LogP contribution in [0.3, 0.4) is 0 Å². The maximum absolute atomic E-state index is 6.09. The highest BCUT2D eigenvalue weighted by Crippen LogP contribution is 2.17. The van der Waals surface area contributed by atoms with Crippen molar-refractivity contribution in [2.45, 2.75) is 31.8 Å². The average Bonchev–Trinajstić information content (AvgIpc) is 2.85. The molecule has 0 spiro atoms. The van der Waals surface area contributed by atoms with E-state index in [2.05, 4.69) is 24.3 Å². The minimum absolute atomic E-state index is 0.00216. The van der Waals surface area contributed by atoms with E-state index >= 15 is 0 Å². The van der Waals surface area contributed by atoms with Gasteiger partial charge in [0.1, 0.15) is 12.7 Å². The molecule has 0 bridgehead atoms. The SMILES string of the molecule is C1=COC[C@@H](OCc2ccccc2)[C@H](OCc2ccccc2)C1. The van der Waals surface area contributed by atoms with Gasteiger partial charge in [-0.05, 0) is 23.6 Å². The Morgan fingerprint density at radius 2 is 1.35 bits per heavy atom. The zero-order valence-corrected chi connectivity index (χ0v) is 13.1. The van der Waals surface area contributed by atoms with Crippen LogP contribution in [0.4, 0.5) is 0 Å². The second kappa shape index (κ2) is 8.51. The Kier molecular flexibility index (Phi) is 5.84. The second-order valence-electron chi connectivity index (χ2n) is 5.61. The van der Waals surface area contributed by atoms with Crippen molar-refractivity contribution in [3.8, 4) is 0 Å². The molecule has 1 aliphatic heterocycles. The van der Waals surface area contributed by atoms with E-state index in [4.69, 9.17) is 14.2 Å². The van der Waals surface area contributed by atoms with E-state index < -0.39 is 0 Å². The summed E-state index contributed by atoms with van der Waals surface area (Å²) in [6, 6.07) is 20.4. The molecule has 120 valence electrons. The summed E-state index contributed by atoms with van der Waals surface area (Å²) in [4.78, 5) is 0. The van der Waals surface area contributed by atoms with E-state index in [0.29, 0.717) is 19.8 Å². The Labute approximate surface area is 137 Å². The van der Waals surface area contributed by atoms with E-state index in [0.717, 1.165) is 12.0 Å². The van der Waals surface area contributed by atoms with Gasteiger partial charge in [0.2, 0.25) is 0 Å². The molecule has 1 aliphatic rings. The van der Waals surface area contributed by atoms with Crippen LogP contribution in [-0.2, 0) is 27.4 Å². The van der Waals surface area contributed by atoms with Crippen LogP contribution >= 0.6 is 0 Å². The molecule has 2 atom stereocenters. The van der Waals surface area contributed by atoms with Crippen LogP contribution in [-0.4, -0.2) is 18.8 Å². The van der Waals surface area contributed by atoms with Gasteiger partial charge in [0.25, 0.3) is 0 Å². The van der Waals surface area contributed by atoms with Gasteiger partial charge in [-0.2, -0.15) is 0 Å². The first-order chi connectivity index (χ1) is 11.4. The van der Waals surface area contributed by atoms with E-state index in [1.807, 2.05) is 42.5 Å². The molecule has 23 heavy (non-hydrogen) atoms. The van der Waals surface area contributed by atoms with Gasteiger partial charge in [-0.25, -0.2) is 0 Å². The highest BCUT2D eigenvalue weighted by atomic mass is 16.6. The topological polar surface area (TPSA) is 27.7 Å². The lowest BCUT2D eigenvalue weighted by Crippen LogP contribution is -2.34. The van der Waals surface area contributed by atoms with Crippen molar-refractivity contribution in [3.63, 3.8) is 0 Å². The normalized spacial score (nSPS) is 20.7. The minimum Gasteiger partial charge on any atom is -0.499 e. The average molecular weight is 310 g/mol. The number of rotatable bonds is 6. The van der Waals surface area contributed by atoms with Crippen molar-refractivity contribution >= 4 is 0 Å². The molecular weight excluding hydrogens is 288 g/mol. The number of hydrogen-bond donors (Lipinski definition) is 0. The fourth-order valence-electron chi connectivity index (χ4n) is 2.55. The lowest BCUT2D eigenvalue weighted by Gasteiger charge is -2.25. The maximum atomic E-state index is 6.09. The maximum Gasteiger partial charge on any atom is 0.118 e. The predicted molar refractivity (Wildman–Crippen MR) is 89.7 cm³/mol. The first kappa shape index (κ1) is 15.8. The summed E-state index contributed by atoms with van der Waals surface area (Å²) in [5.41, 5.74) is 2.33. The summed E-state index contributed by atoms with van der Waals surface area (Å²) >= 11 is 0. The molecule has 0 radical (unpaired) electrons. The summed E-state index contributed by atoms with van der Waals surface area (Å²) < 4.78 is 17.6. The van der Waals surface area contributed by atoms with E-state index in [1.54, 1.807) is 6.26 Å². The molecule has 1 heterocycles. The molecule has 3 nitrogen and oxygen atoms in total. The molecule has 0 aliphatic carbocycles. The zero-order valence-electron chi connectivity index (χ0n) is 13.1. The van der Waals surface area contributed by atoms with E-state index in [1.165, 1.54) is 5.56 Å². The molecule has 2 aromatic carbocycles. The largest absolute Gasteiger partial charge is 0.499 e. The quantitative estimate of drug-likeness (QED) is 0.804. The van der Waals surface area contributed by atoms with Crippen LogP contribution in [0.2, 0.25) is 0 Å². The third kappa shape index (κ3) is 4.95. The van der Waals surface area contributed by atoms with Gasteiger partial charge in [-0.3, -0.25) is 0 Å². The summed E-state index contributed by atoms with van der Waals surface area (Å²) in [7, 11) is 0. The summed E-state index contributed by atoms with van der Waals surface area (Å²) in [5, 5.41) is 0. The van der Waals surface area contributed by atoms with Crippen molar-refractivity contribution in [2.24, 2.45) is 0 Å². The van der Waals surface area contributed by atoms with Gasteiger partial charge < -0.3 is 14.2 Å². The summed E-state index contributed by atoms with van der Waals surface area (Å²) in [5.74, 6) is 0. The molecule has 0 fully saturated rings. The smallest absolute Gasteiger partial charge is 0.118 e. The number of hydrogen-bond acceptors (Lipinski definition) is 3. The lowest BCUT2D eigenvalue weighted by atomic mass is 10.1. The molecule has 2 aromatic rings. The van der Waals surface area contributed by atoms with Gasteiger partial charge in [-0.1, -0.05) is 60.7 Å².